The molecule has 0 spiro atoms. The van der Waals surface area contributed by atoms with Crippen LogP contribution in [0, 0.1) is 0 Å². The van der Waals surface area contributed by atoms with Gasteiger partial charge in [0.15, 0.2) is 0 Å². The lowest BCUT2D eigenvalue weighted by atomic mass is 10.0. The van der Waals surface area contributed by atoms with E-state index in [1.54, 1.807) is 24.5 Å². The number of carbonyl (C=O) groups is 1. The van der Waals surface area contributed by atoms with Crippen LogP contribution in [0.15, 0.2) is 30.6 Å². The van der Waals surface area contributed by atoms with Crippen molar-refractivity contribution in [1.82, 2.24) is 20.6 Å². The monoisotopic (exact) mass is 270 g/mol. The molecule has 2 N–H and O–H groups in total. The number of hydrogen-bond donors (Lipinski definition) is 2. The number of aromatic nitrogens is 2. The summed E-state index contributed by atoms with van der Waals surface area (Å²) >= 11 is 0. The van der Waals surface area contributed by atoms with Gasteiger partial charge in [0, 0.05) is 30.5 Å². The van der Waals surface area contributed by atoms with E-state index in [0.29, 0.717) is 18.2 Å². The second-order valence-corrected chi connectivity index (χ2v) is 5.12. The Morgan fingerprint density at radius 1 is 1.25 bits per heavy atom. The van der Waals surface area contributed by atoms with E-state index in [0.717, 1.165) is 24.0 Å². The molecule has 1 aromatic carbocycles. The van der Waals surface area contributed by atoms with Crippen molar-refractivity contribution in [1.29, 1.82) is 0 Å². The van der Waals surface area contributed by atoms with E-state index >= 15 is 0 Å². The Bertz CT molecular complexity index is 608. The summed E-state index contributed by atoms with van der Waals surface area (Å²) in [6.45, 7) is 1.73. The molecule has 1 fully saturated rings. The molecule has 0 saturated carbocycles. The van der Waals surface area contributed by atoms with Gasteiger partial charge in [-0.1, -0.05) is 6.42 Å². The van der Waals surface area contributed by atoms with E-state index in [2.05, 4.69) is 20.6 Å². The Morgan fingerprint density at radius 2 is 2.10 bits per heavy atom. The third-order valence-corrected chi connectivity index (χ3v) is 3.65. The summed E-state index contributed by atoms with van der Waals surface area (Å²) in [4.78, 5) is 20.6. The number of carbonyl (C=O) groups excluding carboxylic acids is 1. The molecular formula is C15H18N4O. The van der Waals surface area contributed by atoms with E-state index in [1.165, 1.54) is 12.8 Å². The van der Waals surface area contributed by atoms with Gasteiger partial charge in [0.2, 0.25) is 0 Å². The highest BCUT2D eigenvalue weighted by Crippen LogP contribution is 2.11. The fourth-order valence-electron chi connectivity index (χ4n) is 2.52. The second kappa shape index (κ2) is 5.96. The van der Waals surface area contributed by atoms with Crippen molar-refractivity contribution in [3.05, 3.63) is 36.2 Å². The minimum atomic E-state index is -0.0510. The molecule has 104 valence electrons. The first-order chi connectivity index (χ1) is 9.83. The summed E-state index contributed by atoms with van der Waals surface area (Å²) in [6.07, 6.45) is 6.88. The maximum absolute atomic E-state index is 12.1. The molecule has 1 saturated heterocycles. The van der Waals surface area contributed by atoms with Crippen LogP contribution in [0.25, 0.3) is 11.0 Å². The fraction of sp³-hybridized carbons (Fsp3) is 0.400. The Kier molecular flexibility index (Phi) is 3.87. The Balaban J connectivity index is 1.65. The van der Waals surface area contributed by atoms with Gasteiger partial charge < -0.3 is 10.6 Å². The van der Waals surface area contributed by atoms with Gasteiger partial charge in [0.25, 0.3) is 5.91 Å². The van der Waals surface area contributed by atoms with Crippen LogP contribution in [0.2, 0.25) is 0 Å². The van der Waals surface area contributed by atoms with E-state index in [1.807, 2.05) is 6.07 Å². The summed E-state index contributed by atoms with van der Waals surface area (Å²) in [5, 5.41) is 6.40. The Morgan fingerprint density at radius 3 is 2.90 bits per heavy atom. The van der Waals surface area contributed by atoms with E-state index in [9.17, 15) is 4.79 Å². The van der Waals surface area contributed by atoms with Crippen LogP contribution in [-0.4, -0.2) is 35.0 Å². The minimum absolute atomic E-state index is 0.0510. The van der Waals surface area contributed by atoms with Gasteiger partial charge in [0.05, 0.1) is 11.0 Å². The molecule has 2 heterocycles. The third-order valence-electron chi connectivity index (χ3n) is 3.65. The van der Waals surface area contributed by atoms with Gasteiger partial charge in [-0.2, -0.15) is 0 Å². The number of nitrogens with one attached hydrogen (secondary N) is 2. The smallest absolute Gasteiger partial charge is 0.251 e. The number of hydrogen-bond acceptors (Lipinski definition) is 4. The number of rotatable bonds is 3. The van der Waals surface area contributed by atoms with E-state index in [4.69, 9.17) is 0 Å². The summed E-state index contributed by atoms with van der Waals surface area (Å²) in [5.41, 5.74) is 2.18. The highest BCUT2D eigenvalue weighted by molar-refractivity contribution is 5.97. The lowest BCUT2D eigenvalue weighted by molar-refractivity contribution is 0.0948. The molecular weight excluding hydrogens is 252 g/mol. The number of nitrogens with zero attached hydrogens (tertiary/aromatic N) is 2. The Hall–Kier alpha value is -2.01. The van der Waals surface area contributed by atoms with Crippen molar-refractivity contribution in [3.8, 4) is 0 Å². The molecule has 1 aromatic heterocycles. The molecule has 1 unspecified atom stereocenters. The van der Waals surface area contributed by atoms with Crippen LogP contribution in [0.3, 0.4) is 0 Å². The summed E-state index contributed by atoms with van der Waals surface area (Å²) < 4.78 is 0. The SMILES string of the molecule is O=C(NCC1CCCCN1)c1ccc2nccnc2c1. The van der Waals surface area contributed by atoms with E-state index < -0.39 is 0 Å². The summed E-state index contributed by atoms with van der Waals surface area (Å²) in [7, 11) is 0. The van der Waals surface area contributed by atoms with Crippen molar-refractivity contribution < 1.29 is 4.79 Å². The predicted octanol–water partition coefficient (Wildman–Crippen LogP) is 1.50. The molecule has 0 bridgehead atoms. The average Bonchev–Trinajstić information content (AvgIpc) is 2.53. The van der Waals surface area contributed by atoms with Crippen molar-refractivity contribution in [2.45, 2.75) is 25.3 Å². The van der Waals surface area contributed by atoms with Gasteiger partial charge in [-0.25, -0.2) is 0 Å². The van der Waals surface area contributed by atoms with Crippen molar-refractivity contribution in [2.24, 2.45) is 0 Å². The Labute approximate surface area is 117 Å². The largest absolute Gasteiger partial charge is 0.350 e. The van der Waals surface area contributed by atoms with Crippen LogP contribution in [0.1, 0.15) is 29.6 Å². The molecule has 1 aliphatic rings. The number of piperidine rings is 1. The molecule has 2 aromatic rings. The molecule has 5 heteroatoms. The quantitative estimate of drug-likeness (QED) is 0.887. The summed E-state index contributed by atoms with van der Waals surface area (Å²) in [5.74, 6) is -0.0510. The standard InChI is InChI=1S/C15H18N4O/c20-15(19-10-12-3-1-2-6-16-12)11-4-5-13-14(9-11)18-8-7-17-13/h4-5,7-9,12,16H,1-3,6,10H2,(H,19,20). The zero-order chi connectivity index (χ0) is 13.8. The van der Waals surface area contributed by atoms with Gasteiger partial charge in [0.1, 0.15) is 0 Å². The maximum atomic E-state index is 12.1. The molecule has 1 amide bonds. The lowest BCUT2D eigenvalue weighted by Crippen LogP contribution is -2.43. The zero-order valence-electron chi connectivity index (χ0n) is 11.3. The maximum Gasteiger partial charge on any atom is 0.251 e. The van der Waals surface area contributed by atoms with Gasteiger partial charge in [-0.3, -0.25) is 14.8 Å². The van der Waals surface area contributed by atoms with E-state index in [-0.39, 0.29) is 5.91 Å². The van der Waals surface area contributed by atoms with Crippen LogP contribution in [-0.2, 0) is 0 Å². The van der Waals surface area contributed by atoms with Crippen molar-refractivity contribution in [3.63, 3.8) is 0 Å². The highest BCUT2D eigenvalue weighted by Gasteiger charge is 2.14. The first-order valence-electron chi connectivity index (χ1n) is 7.05. The normalized spacial score (nSPS) is 18.9. The molecule has 1 aliphatic heterocycles. The van der Waals surface area contributed by atoms with Crippen LogP contribution in [0.4, 0.5) is 0 Å². The van der Waals surface area contributed by atoms with Gasteiger partial charge in [-0.05, 0) is 37.6 Å². The van der Waals surface area contributed by atoms with Crippen LogP contribution < -0.4 is 10.6 Å². The molecule has 0 aliphatic carbocycles. The molecule has 1 atom stereocenters. The fourth-order valence-corrected chi connectivity index (χ4v) is 2.52. The highest BCUT2D eigenvalue weighted by atomic mass is 16.1. The number of benzene rings is 1. The van der Waals surface area contributed by atoms with Crippen LogP contribution in [0.5, 0.6) is 0 Å². The first-order valence-corrected chi connectivity index (χ1v) is 7.05. The number of fused-ring (bicyclic) bond motifs is 1. The minimum Gasteiger partial charge on any atom is -0.350 e. The average molecular weight is 270 g/mol. The molecule has 5 nitrogen and oxygen atoms in total. The van der Waals surface area contributed by atoms with Crippen molar-refractivity contribution >= 4 is 16.9 Å². The first kappa shape index (κ1) is 13.0. The van der Waals surface area contributed by atoms with Gasteiger partial charge in [-0.15, -0.1) is 0 Å². The predicted molar refractivity (Wildman–Crippen MR) is 77.5 cm³/mol. The molecule has 0 radical (unpaired) electrons. The van der Waals surface area contributed by atoms with Gasteiger partial charge >= 0.3 is 0 Å². The van der Waals surface area contributed by atoms with Crippen LogP contribution >= 0.6 is 0 Å². The van der Waals surface area contributed by atoms with Crippen molar-refractivity contribution in [2.75, 3.05) is 13.1 Å². The lowest BCUT2D eigenvalue weighted by Gasteiger charge is -2.23. The topological polar surface area (TPSA) is 66.9 Å². The number of amides is 1. The summed E-state index contributed by atoms with van der Waals surface area (Å²) in [6, 6.07) is 5.80. The zero-order valence-corrected chi connectivity index (χ0v) is 11.3. The molecule has 3 rings (SSSR count). The second-order valence-electron chi connectivity index (χ2n) is 5.12. The third kappa shape index (κ3) is 2.93. The molecule has 20 heavy (non-hydrogen) atoms.